The molecule has 0 radical (unpaired) electrons. The van der Waals surface area contributed by atoms with Crippen LogP contribution in [0.5, 0.6) is 0 Å². The van der Waals surface area contributed by atoms with Crippen molar-refractivity contribution in [2.75, 3.05) is 0 Å². The highest BCUT2D eigenvalue weighted by molar-refractivity contribution is 5.20. The Morgan fingerprint density at radius 2 is 0.318 bits per heavy atom. The van der Waals surface area contributed by atoms with E-state index in [1.54, 1.807) is 0 Å². The van der Waals surface area contributed by atoms with Crippen LogP contribution in [0.3, 0.4) is 0 Å². The van der Waals surface area contributed by atoms with Gasteiger partial charge in [0.05, 0.1) is 0 Å². The zero-order valence-corrected chi connectivity index (χ0v) is 18.4. The monoisotopic (exact) mass is 736 g/mol. The molecule has 0 saturated carbocycles. The normalized spacial score (nSPS) is 18.4. The summed E-state index contributed by atoms with van der Waals surface area (Å²) in [7, 11) is 0. The van der Waals surface area contributed by atoms with Crippen molar-refractivity contribution in [3.63, 3.8) is 0 Å². The van der Waals surface area contributed by atoms with Gasteiger partial charge in [-0.25, -0.2) is 0 Å². The highest BCUT2D eigenvalue weighted by atomic mass is 19.4. The Bertz CT molecular complexity index is 969. The van der Waals surface area contributed by atoms with Crippen LogP contribution < -0.4 is 0 Å². The second-order valence-corrected chi connectivity index (χ2v) is 7.94. The van der Waals surface area contributed by atoms with Crippen LogP contribution in [0.15, 0.2) is 0 Å². The minimum Gasteiger partial charge on any atom is -0.350 e. The molecule has 0 aliphatic rings. The Morgan fingerprint density at radius 1 is 0.182 bits per heavy atom. The minimum absolute atomic E-state index is 7.78. The third kappa shape index (κ3) is 4.58. The number of alkyl halides is 29. The molecule has 1 unspecified atom stereocenters. The predicted molar refractivity (Wildman–Crippen MR) is 72.6 cm³/mol. The number of halogens is 29. The number of hydrogen-bond acceptors (Lipinski definition) is 1. The fourth-order valence-electron chi connectivity index (χ4n) is 2.34. The van der Waals surface area contributed by atoms with E-state index in [0.717, 1.165) is 0 Å². The minimum atomic E-state index is -9.94. The summed E-state index contributed by atoms with van der Waals surface area (Å²) in [6, 6.07) is 0. The van der Waals surface area contributed by atoms with Crippen molar-refractivity contribution in [1.82, 2.24) is 0 Å². The molecule has 0 heterocycles. The maximum atomic E-state index is 13.5. The van der Waals surface area contributed by atoms with Crippen molar-refractivity contribution in [3.05, 3.63) is 0 Å². The fraction of sp³-hybridized carbons (Fsp3) is 1.00. The van der Waals surface area contributed by atoms with Gasteiger partial charge in [0, 0.05) is 0 Å². The molecule has 44 heavy (non-hydrogen) atoms. The first-order valence-electron chi connectivity index (χ1n) is 8.95. The molecule has 1 nitrogen and oxygen atoms in total. The Kier molecular flexibility index (Phi) is 9.26. The van der Waals surface area contributed by atoms with Crippen molar-refractivity contribution >= 4 is 0 Å². The summed E-state index contributed by atoms with van der Waals surface area (Å²) in [6.45, 7) is 0. The molecule has 0 bridgehead atoms. The summed E-state index contributed by atoms with van der Waals surface area (Å²) in [5.41, 5.74) is 0. The molecule has 0 fully saturated rings. The molecule has 0 amide bonds. The van der Waals surface area contributed by atoms with Crippen LogP contribution in [0.2, 0.25) is 0 Å². The molecule has 0 aliphatic heterocycles. The summed E-state index contributed by atoms with van der Waals surface area (Å²) in [5, 5.41) is 7.78. The largest absolute Gasteiger partial charge is 0.460 e. The molecule has 0 aromatic heterocycles. The lowest BCUT2D eigenvalue weighted by molar-refractivity contribution is -0.493. The van der Waals surface area contributed by atoms with Crippen LogP contribution in [0.4, 0.5) is 127 Å². The van der Waals surface area contributed by atoms with Crippen LogP contribution in [0, 0.1) is 0 Å². The lowest BCUT2D eigenvalue weighted by atomic mass is 9.84. The number of hydrogen-bond donors (Lipinski definition) is 1. The second kappa shape index (κ2) is 9.72. The van der Waals surface area contributed by atoms with E-state index in [0.29, 0.717) is 0 Å². The van der Waals surface area contributed by atoms with E-state index >= 15 is 0 Å². The van der Waals surface area contributed by atoms with Crippen molar-refractivity contribution < 1.29 is 132 Å². The Labute approximate surface area is 217 Å². The van der Waals surface area contributed by atoms with E-state index in [-0.39, 0.29) is 0 Å². The summed E-state index contributed by atoms with van der Waals surface area (Å²) < 4.78 is 378. The van der Waals surface area contributed by atoms with E-state index in [1.165, 1.54) is 0 Å². The Balaban J connectivity index is 7.52. The van der Waals surface area contributed by atoms with Gasteiger partial charge in [0.25, 0.3) is 0 Å². The quantitative estimate of drug-likeness (QED) is 0.211. The van der Waals surface area contributed by atoms with Crippen molar-refractivity contribution in [3.8, 4) is 0 Å². The lowest BCUT2D eigenvalue weighted by Crippen LogP contribution is -2.79. The van der Waals surface area contributed by atoms with Gasteiger partial charge in [-0.05, 0) is 0 Å². The average Bonchev–Trinajstić information content (AvgIpc) is 2.75. The smallest absolute Gasteiger partial charge is 0.350 e. The zero-order chi connectivity index (χ0) is 37.0. The molecule has 0 spiro atoms. The summed E-state index contributed by atoms with van der Waals surface area (Å²) >= 11 is 0. The van der Waals surface area contributed by atoms with Crippen LogP contribution in [0.25, 0.3) is 0 Å². The summed E-state index contributed by atoms with van der Waals surface area (Å²) in [6.07, 6.45) is -16.4. The van der Waals surface area contributed by atoms with Crippen LogP contribution in [0.1, 0.15) is 0 Å². The van der Waals surface area contributed by atoms with Crippen LogP contribution >= 0.6 is 0 Å². The average molecular weight is 736 g/mol. The second-order valence-electron chi connectivity index (χ2n) is 7.94. The van der Waals surface area contributed by atoms with E-state index in [9.17, 15) is 127 Å². The molecule has 0 saturated heterocycles. The molecule has 30 heteroatoms. The SMILES string of the molecule is OC(F)(C(F)(F)F)C(F)(F)C(F)(F)C(F)(F)C(F)(F)C(F)(F)C(F)(F)C(F)(F)C(F)(F)C(F)(F)C(F)(F)C(F)(F)C(F)(F)F. The van der Waals surface area contributed by atoms with Crippen LogP contribution in [-0.4, -0.2) is 88.5 Å². The molecule has 1 atom stereocenters. The van der Waals surface area contributed by atoms with Gasteiger partial charge in [-0.15, -0.1) is 0 Å². The predicted octanol–water partition coefficient (Wildman–Crippen LogP) is 8.76. The van der Waals surface area contributed by atoms with E-state index in [1.807, 2.05) is 0 Å². The summed E-state index contributed by atoms with van der Waals surface area (Å²) in [4.78, 5) is 0. The highest BCUT2D eigenvalue weighted by Crippen LogP contribution is 2.68. The first kappa shape index (κ1) is 41.9. The molecule has 0 aromatic rings. The van der Waals surface area contributed by atoms with Gasteiger partial charge in [0.15, 0.2) is 0 Å². The molecule has 266 valence electrons. The van der Waals surface area contributed by atoms with Gasteiger partial charge in [-0.1, -0.05) is 0 Å². The molecular weight excluding hydrogens is 735 g/mol. The topological polar surface area (TPSA) is 20.2 Å². The van der Waals surface area contributed by atoms with Crippen molar-refractivity contribution in [2.45, 2.75) is 83.4 Å². The first-order valence-corrected chi connectivity index (χ1v) is 8.95. The van der Waals surface area contributed by atoms with E-state index < -0.39 is 83.4 Å². The lowest BCUT2D eigenvalue weighted by Gasteiger charge is -2.46. The van der Waals surface area contributed by atoms with Gasteiger partial charge >= 0.3 is 83.4 Å². The van der Waals surface area contributed by atoms with E-state index in [4.69, 9.17) is 5.11 Å². The zero-order valence-electron chi connectivity index (χ0n) is 18.4. The molecule has 0 aliphatic carbocycles. The Morgan fingerprint density at radius 3 is 0.455 bits per heavy atom. The third-order valence-corrected chi connectivity index (χ3v) is 5.09. The summed E-state index contributed by atoms with van der Waals surface area (Å²) in [5.74, 6) is -113. The fourth-order valence-corrected chi connectivity index (χ4v) is 2.34. The molecule has 0 aromatic carbocycles. The van der Waals surface area contributed by atoms with Gasteiger partial charge in [0.2, 0.25) is 0 Å². The van der Waals surface area contributed by atoms with E-state index in [2.05, 4.69) is 0 Å². The molecule has 0 rings (SSSR count). The van der Waals surface area contributed by atoms with Crippen molar-refractivity contribution in [2.24, 2.45) is 0 Å². The first-order chi connectivity index (χ1) is 18.2. The van der Waals surface area contributed by atoms with Crippen molar-refractivity contribution in [1.29, 1.82) is 0 Å². The molecular formula is C14HF29O. The molecule has 1 N–H and O–H groups in total. The maximum Gasteiger partial charge on any atom is 0.460 e. The van der Waals surface area contributed by atoms with Gasteiger partial charge in [-0.3, -0.25) is 0 Å². The highest BCUT2D eigenvalue weighted by Gasteiger charge is 3.00. The maximum absolute atomic E-state index is 13.5. The van der Waals surface area contributed by atoms with Gasteiger partial charge in [0.1, 0.15) is 0 Å². The van der Waals surface area contributed by atoms with Crippen LogP contribution in [-0.2, 0) is 0 Å². The van der Waals surface area contributed by atoms with Gasteiger partial charge in [-0.2, -0.15) is 127 Å². The standard InChI is InChI=1S/C14HF29O/c15-1(16,3(19,20)5(23,24)7(27,28)9(31,32)11(35,36)13(38,39)40)2(17,18)4(21,22)6(25,26)8(29,30)10(33,34)12(37,44)14(41,42)43/h44H. The number of rotatable bonds is 11. The Hall–Kier alpha value is -2.07. The van der Waals surface area contributed by atoms with Gasteiger partial charge < -0.3 is 5.11 Å². The number of aliphatic hydroxyl groups is 1. The third-order valence-electron chi connectivity index (χ3n) is 5.09.